The Balaban J connectivity index is 1.73. The predicted octanol–water partition coefficient (Wildman–Crippen LogP) is 4.55. The normalized spacial score (nSPS) is 37.0. The highest BCUT2D eigenvalue weighted by Crippen LogP contribution is 2.58. The number of hydrogen-bond donors (Lipinski definition) is 1. The molecule has 2 aliphatic carbocycles. The Morgan fingerprint density at radius 1 is 1.30 bits per heavy atom. The number of hydrogen-bond acceptors (Lipinski definition) is 2. The van der Waals surface area contributed by atoms with Crippen molar-refractivity contribution in [1.29, 1.82) is 0 Å². The third-order valence-electron chi connectivity index (χ3n) is 5.54. The molecule has 0 amide bonds. The molecule has 0 aliphatic heterocycles. The molecule has 4 heteroatoms. The molecule has 1 N–H and O–H groups in total. The average molecular weight is 323 g/mol. The van der Waals surface area contributed by atoms with E-state index in [1.165, 1.54) is 25.7 Å². The summed E-state index contributed by atoms with van der Waals surface area (Å²) in [6.45, 7) is 2.18. The Morgan fingerprint density at radius 3 is 2.70 bits per heavy atom. The molecule has 2 rings (SSSR count). The smallest absolute Gasteiger partial charge is 0.147 e. The van der Waals surface area contributed by atoms with Crippen LogP contribution in [0.4, 0.5) is 0 Å². The topological polar surface area (TPSA) is 29.5 Å². The molecule has 20 heavy (non-hydrogen) atoms. The number of methoxy groups -OCH3 is 1. The van der Waals surface area contributed by atoms with E-state index in [0.717, 1.165) is 25.7 Å². The van der Waals surface area contributed by atoms with E-state index in [4.69, 9.17) is 27.9 Å². The van der Waals surface area contributed by atoms with Crippen molar-refractivity contribution < 1.29 is 9.84 Å². The van der Waals surface area contributed by atoms with E-state index >= 15 is 0 Å². The number of ether oxygens (including phenoxy) is 1. The quantitative estimate of drug-likeness (QED) is 0.550. The van der Waals surface area contributed by atoms with Crippen molar-refractivity contribution in [3.63, 3.8) is 0 Å². The number of fused-ring (bicyclic) bond motifs is 1. The second-order valence-corrected chi connectivity index (χ2v) is 8.03. The summed E-state index contributed by atoms with van der Waals surface area (Å²) in [5, 5.41) is 10.0. The largest absolute Gasteiger partial charge is 0.390 e. The lowest BCUT2D eigenvalue weighted by Crippen LogP contribution is -2.30. The van der Waals surface area contributed by atoms with Gasteiger partial charge in [-0.1, -0.05) is 49.4 Å². The van der Waals surface area contributed by atoms with Gasteiger partial charge < -0.3 is 9.84 Å². The molecule has 0 aromatic heterocycles. The maximum atomic E-state index is 10.0. The summed E-state index contributed by atoms with van der Waals surface area (Å²) in [4.78, 5) is 0. The van der Waals surface area contributed by atoms with Gasteiger partial charge in [0, 0.05) is 7.11 Å². The molecule has 0 saturated heterocycles. The average Bonchev–Trinajstić information content (AvgIpc) is 2.91. The summed E-state index contributed by atoms with van der Waals surface area (Å²) < 4.78 is 4.51. The lowest BCUT2D eigenvalue weighted by molar-refractivity contribution is 0.0891. The van der Waals surface area contributed by atoms with Gasteiger partial charge in [-0.15, -0.1) is 0 Å². The highest BCUT2D eigenvalue weighted by molar-refractivity contribution is 6.49. The summed E-state index contributed by atoms with van der Waals surface area (Å²) >= 11 is 12.6. The third kappa shape index (κ3) is 3.45. The van der Waals surface area contributed by atoms with Crippen molar-refractivity contribution in [3.05, 3.63) is 0 Å². The Bertz CT molecular complexity index is 305. The van der Waals surface area contributed by atoms with Crippen LogP contribution in [0, 0.1) is 17.8 Å². The minimum absolute atomic E-state index is 0.299. The minimum atomic E-state index is -0.900. The van der Waals surface area contributed by atoms with Crippen molar-refractivity contribution in [1.82, 2.24) is 0 Å². The molecule has 2 saturated carbocycles. The summed E-state index contributed by atoms with van der Waals surface area (Å²) in [5.74, 6) is 1.54. The maximum Gasteiger partial charge on any atom is 0.147 e. The second kappa shape index (κ2) is 7.17. The Hall–Kier alpha value is 0.500. The highest BCUT2D eigenvalue weighted by Gasteiger charge is 2.56. The van der Waals surface area contributed by atoms with Gasteiger partial charge in [0.25, 0.3) is 0 Å². The van der Waals surface area contributed by atoms with E-state index in [0.29, 0.717) is 23.9 Å². The predicted molar refractivity (Wildman–Crippen MR) is 84.3 cm³/mol. The lowest BCUT2D eigenvalue weighted by atomic mass is 9.87. The fourth-order valence-corrected chi connectivity index (χ4v) is 4.99. The van der Waals surface area contributed by atoms with Crippen molar-refractivity contribution in [2.45, 2.75) is 74.8 Å². The Morgan fingerprint density at radius 2 is 2.05 bits per heavy atom. The van der Waals surface area contributed by atoms with E-state index in [2.05, 4.69) is 6.92 Å². The fourth-order valence-electron chi connectivity index (χ4n) is 4.27. The van der Waals surface area contributed by atoms with Crippen LogP contribution in [0.25, 0.3) is 0 Å². The van der Waals surface area contributed by atoms with Gasteiger partial charge in [-0.05, 0) is 49.9 Å². The van der Waals surface area contributed by atoms with Crippen molar-refractivity contribution in [2.24, 2.45) is 17.8 Å². The van der Waals surface area contributed by atoms with E-state index < -0.39 is 10.4 Å². The number of unbranched alkanes of at least 4 members (excludes halogenated alkanes) is 1. The van der Waals surface area contributed by atoms with Crippen LogP contribution in [0.5, 0.6) is 0 Å². The van der Waals surface area contributed by atoms with Crippen LogP contribution in [0.15, 0.2) is 0 Å². The van der Waals surface area contributed by atoms with Crippen LogP contribution in [-0.4, -0.2) is 28.8 Å². The molecule has 0 aromatic rings. The molecule has 5 atom stereocenters. The number of aliphatic hydroxyl groups excluding tert-OH is 1. The number of alkyl halides is 2. The highest BCUT2D eigenvalue weighted by atomic mass is 35.5. The van der Waals surface area contributed by atoms with Gasteiger partial charge in [-0.2, -0.15) is 0 Å². The summed E-state index contributed by atoms with van der Waals surface area (Å²) in [7, 11) is 1.80. The zero-order valence-electron chi connectivity index (χ0n) is 12.7. The molecule has 0 spiro atoms. The van der Waals surface area contributed by atoms with Gasteiger partial charge in [0.05, 0.1) is 12.2 Å². The van der Waals surface area contributed by atoms with Crippen LogP contribution in [0.1, 0.15) is 58.3 Å². The standard InChI is InChI=1S/C16H28Cl2O2/c1-3-12(20-2)7-5-4-6-11-8-9-14-13(11)10-15(19)16(14,17)18/h11-15,19H,3-10H2,1-2H3. The molecular formula is C16H28Cl2O2. The molecular weight excluding hydrogens is 295 g/mol. The van der Waals surface area contributed by atoms with Crippen LogP contribution >= 0.6 is 23.2 Å². The molecule has 5 unspecified atom stereocenters. The molecule has 0 aromatic carbocycles. The van der Waals surface area contributed by atoms with Crippen LogP contribution in [0.3, 0.4) is 0 Å². The molecule has 2 nitrogen and oxygen atoms in total. The first-order valence-corrected chi connectivity index (χ1v) is 8.84. The first-order valence-electron chi connectivity index (χ1n) is 8.09. The van der Waals surface area contributed by atoms with Crippen molar-refractivity contribution in [2.75, 3.05) is 7.11 Å². The Kier molecular flexibility index (Phi) is 6.05. The zero-order valence-corrected chi connectivity index (χ0v) is 14.2. The Labute approximate surface area is 133 Å². The van der Waals surface area contributed by atoms with E-state index in [1.54, 1.807) is 7.11 Å². The number of rotatable bonds is 7. The summed E-state index contributed by atoms with van der Waals surface area (Å²) in [5.41, 5.74) is 0. The molecule has 118 valence electrons. The third-order valence-corrected chi connectivity index (χ3v) is 6.61. The summed E-state index contributed by atoms with van der Waals surface area (Å²) in [6.07, 6.45) is 8.95. The molecule has 0 radical (unpaired) electrons. The molecule has 2 fully saturated rings. The van der Waals surface area contributed by atoms with E-state index in [-0.39, 0.29) is 0 Å². The van der Waals surface area contributed by atoms with Crippen molar-refractivity contribution >= 4 is 23.2 Å². The SMILES string of the molecule is CCC(CCCCC1CCC2C1CC(O)C2(Cl)Cl)OC. The van der Waals surface area contributed by atoms with Gasteiger partial charge in [-0.3, -0.25) is 0 Å². The molecule has 2 aliphatic rings. The monoisotopic (exact) mass is 322 g/mol. The first-order chi connectivity index (χ1) is 9.50. The fraction of sp³-hybridized carbons (Fsp3) is 1.00. The van der Waals surface area contributed by atoms with Crippen LogP contribution in [0.2, 0.25) is 0 Å². The van der Waals surface area contributed by atoms with E-state index in [1.807, 2.05) is 0 Å². The van der Waals surface area contributed by atoms with Crippen LogP contribution < -0.4 is 0 Å². The van der Waals surface area contributed by atoms with Gasteiger partial charge in [0.1, 0.15) is 4.33 Å². The number of aliphatic hydroxyl groups is 1. The van der Waals surface area contributed by atoms with Gasteiger partial charge >= 0.3 is 0 Å². The van der Waals surface area contributed by atoms with Gasteiger partial charge in [-0.25, -0.2) is 0 Å². The van der Waals surface area contributed by atoms with Gasteiger partial charge in [0.15, 0.2) is 0 Å². The van der Waals surface area contributed by atoms with Gasteiger partial charge in [0.2, 0.25) is 0 Å². The van der Waals surface area contributed by atoms with E-state index in [9.17, 15) is 5.11 Å². The maximum absolute atomic E-state index is 10.0. The van der Waals surface area contributed by atoms with Crippen LogP contribution in [-0.2, 0) is 4.74 Å². The summed E-state index contributed by atoms with van der Waals surface area (Å²) in [6, 6.07) is 0. The number of halogens is 2. The second-order valence-electron chi connectivity index (χ2n) is 6.58. The zero-order chi connectivity index (χ0) is 14.8. The molecule has 0 heterocycles. The lowest BCUT2D eigenvalue weighted by Gasteiger charge is -2.23. The minimum Gasteiger partial charge on any atom is -0.390 e. The first kappa shape index (κ1) is 16.9. The molecule has 0 bridgehead atoms. The van der Waals surface area contributed by atoms with Crippen molar-refractivity contribution in [3.8, 4) is 0 Å².